The van der Waals surface area contributed by atoms with Crippen LogP contribution in [-0.2, 0) is 13.8 Å². The van der Waals surface area contributed by atoms with Gasteiger partial charge >= 0.3 is 0 Å². The number of anilines is 1. The van der Waals surface area contributed by atoms with Crippen molar-refractivity contribution in [3.05, 3.63) is 21.6 Å². The maximum absolute atomic E-state index is 12.0. The van der Waals surface area contributed by atoms with Gasteiger partial charge < -0.3 is 9.64 Å². The van der Waals surface area contributed by atoms with Crippen LogP contribution in [0.3, 0.4) is 0 Å². The topological polar surface area (TPSA) is 63.7 Å². The summed E-state index contributed by atoms with van der Waals surface area (Å²) in [5.41, 5.74) is 0.425. The van der Waals surface area contributed by atoms with E-state index in [1.165, 1.54) is 12.0 Å². The first-order valence-corrected chi connectivity index (χ1v) is 9.05. The van der Waals surface area contributed by atoms with E-state index in [0.29, 0.717) is 20.9 Å². The number of rotatable bonds is 3. The molecular weight excluding hydrogens is 393 g/mol. The van der Waals surface area contributed by atoms with Crippen LogP contribution in [0.5, 0.6) is 5.75 Å². The Bertz CT molecular complexity index is 665. The maximum Gasteiger partial charge on any atom is 0.237 e. The zero-order valence-electron chi connectivity index (χ0n) is 10.3. The summed E-state index contributed by atoms with van der Waals surface area (Å²) in [5, 5.41) is -0.533. The van der Waals surface area contributed by atoms with E-state index in [9.17, 15) is 13.2 Å². The molecule has 0 bridgehead atoms. The molecule has 1 heterocycles. The third kappa shape index (κ3) is 3.05. The smallest absolute Gasteiger partial charge is 0.237 e. The first-order chi connectivity index (χ1) is 9.24. The SMILES string of the molecule is COc1cc(Br)c(Cl)cc1N1CC(S(=O)(=O)Cl)CC1=O. The molecule has 5 nitrogen and oxygen atoms in total. The van der Waals surface area contributed by atoms with Crippen LogP contribution < -0.4 is 9.64 Å². The van der Waals surface area contributed by atoms with E-state index in [1.54, 1.807) is 12.1 Å². The number of methoxy groups -OCH3 is 1. The Hall–Kier alpha value is -0.500. The summed E-state index contributed by atoms with van der Waals surface area (Å²) >= 11 is 9.27. The Morgan fingerprint density at radius 1 is 1.45 bits per heavy atom. The molecule has 1 atom stereocenters. The largest absolute Gasteiger partial charge is 0.495 e. The first-order valence-electron chi connectivity index (χ1n) is 5.51. The van der Waals surface area contributed by atoms with E-state index in [0.717, 1.165) is 0 Å². The van der Waals surface area contributed by atoms with Crippen LogP contribution in [0.2, 0.25) is 5.02 Å². The van der Waals surface area contributed by atoms with E-state index < -0.39 is 14.3 Å². The van der Waals surface area contributed by atoms with Crippen molar-refractivity contribution in [2.45, 2.75) is 11.7 Å². The number of nitrogens with zero attached hydrogens (tertiary/aromatic N) is 1. The fraction of sp³-hybridized carbons (Fsp3) is 0.364. The Kier molecular flexibility index (Phi) is 4.53. The summed E-state index contributed by atoms with van der Waals surface area (Å²) in [4.78, 5) is 13.3. The average molecular weight is 403 g/mol. The van der Waals surface area contributed by atoms with Crippen molar-refractivity contribution >= 4 is 58.9 Å². The highest BCUT2D eigenvalue weighted by atomic mass is 79.9. The Morgan fingerprint density at radius 3 is 2.60 bits per heavy atom. The number of ether oxygens (including phenoxy) is 1. The molecule has 1 amide bonds. The van der Waals surface area contributed by atoms with Gasteiger partial charge in [0.1, 0.15) is 11.0 Å². The number of amides is 1. The van der Waals surface area contributed by atoms with Gasteiger partial charge in [-0.1, -0.05) is 11.6 Å². The van der Waals surface area contributed by atoms with Crippen LogP contribution in [0.25, 0.3) is 0 Å². The molecule has 0 aliphatic carbocycles. The molecule has 110 valence electrons. The van der Waals surface area contributed by atoms with Gasteiger partial charge in [-0.05, 0) is 28.1 Å². The summed E-state index contributed by atoms with van der Waals surface area (Å²) in [5.74, 6) is 0.0816. The maximum atomic E-state index is 12.0. The second kappa shape index (κ2) is 5.71. The lowest BCUT2D eigenvalue weighted by Crippen LogP contribution is -2.27. The van der Waals surface area contributed by atoms with E-state index in [-0.39, 0.29) is 18.9 Å². The van der Waals surface area contributed by atoms with Gasteiger partial charge in [0.05, 0.1) is 17.8 Å². The highest BCUT2D eigenvalue weighted by molar-refractivity contribution is 9.10. The summed E-state index contributed by atoms with van der Waals surface area (Å²) < 4.78 is 28.5. The van der Waals surface area contributed by atoms with Gasteiger partial charge in [0, 0.05) is 28.1 Å². The van der Waals surface area contributed by atoms with Crippen molar-refractivity contribution in [3.63, 3.8) is 0 Å². The van der Waals surface area contributed by atoms with Gasteiger partial charge in [-0.2, -0.15) is 0 Å². The molecule has 0 saturated carbocycles. The quantitative estimate of drug-likeness (QED) is 0.729. The fourth-order valence-electron chi connectivity index (χ4n) is 1.99. The molecule has 1 aliphatic heterocycles. The van der Waals surface area contributed by atoms with E-state index in [4.69, 9.17) is 27.0 Å². The van der Waals surface area contributed by atoms with Gasteiger partial charge in [-0.25, -0.2) is 8.42 Å². The fourth-order valence-corrected chi connectivity index (χ4v) is 3.50. The molecule has 1 aromatic rings. The summed E-state index contributed by atoms with van der Waals surface area (Å²) in [6, 6.07) is 3.17. The van der Waals surface area contributed by atoms with Crippen LogP contribution in [0.15, 0.2) is 16.6 Å². The predicted molar refractivity (Wildman–Crippen MR) is 81.2 cm³/mol. The molecule has 0 spiro atoms. The number of carbonyl (C=O) groups excluding carboxylic acids is 1. The van der Waals surface area contributed by atoms with Crippen LogP contribution in [0, 0.1) is 0 Å². The second-order valence-corrected chi connectivity index (χ2v) is 8.41. The van der Waals surface area contributed by atoms with Crippen molar-refractivity contribution in [2.24, 2.45) is 0 Å². The minimum atomic E-state index is -3.79. The molecule has 0 radical (unpaired) electrons. The average Bonchev–Trinajstić information content (AvgIpc) is 2.74. The first kappa shape index (κ1) is 15.9. The molecule has 1 saturated heterocycles. The molecule has 1 aromatic carbocycles. The van der Waals surface area contributed by atoms with Crippen molar-refractivity contribution in [2.75, 3.05) is 18.6 Å². The monoisotopic (exact) mass is 401 g/mol. The van der Waals surface area contributed by atoms with E-state index in [1.807, 2.05) is 0 Å². The molecule has 1 aliphatic rings. The lowest BCUT2D eigenvalue weighted by molar-refractivity contribution is -0.117. The Labute approximate surface area is 134 Å². The molecule has 0 N–H and O–H groups in total. The van der Waals surface area contributed by atoms with Gasteiger partial charge in [-0.3, -0.25) is 4.79 Å². The van der Waals surface area contributed by atoms with Crippen LogP contribution in [0.1, 0.15) is 6.42 Å². The van der Waals surface area contributed by atoms with Crippen LogP contribution in [-0.4, -0.2) is 33.2 Å². The minimum absolute atomic E-state index is 0.0149. The van der Waals surface area contributed by atoms with Gasteiger partial charge in [0.2, 0.25) is 15.0 Å². The number of halogens is 3. The number of hydrogen-bond acceptors (Lipinski definition) is 4. The van der Waals surface area contributed by atoms with E-state index >= 15 is 0 Å². The van der Waals surface area contributed by atoms with Gasteiger partial charge in [-0.15, -0.1) is 0 Å². The molecule has 20 heavy (non-hydrogen) atoms. The van der Waals surface area contributed by atoms with E-state index in [2.05, 4.69) is 15.9 Å². The third-order valence-electron chi connectivity index (χ3n) is 3.00. The summed E-state index contributed by atoms with van der Waals surface area (Å²) in [6.45, 7) is -0.0149. The lowest BCUT2D eigenvalue weighted by atomic mass is 10.2. The zero-order chi connectivity index (χ0) is 15.1. The highest BCUT2D eigenvalue weighted by Gasteiger charge is 2.39. The lowest BCUT2D eigenvalue weighted by Gasteiger charge is -2.20. The standard InChI is InChI=1S/C11H10BrCl2NO4S/c1-19-10-3-7(12)8(13)4-9(10)15-5-6(2-11(15)16)20(14,17)18/h3-4,6H,2,5H2,1H3. The Balaban J connectivity index is 2.42. The Morgan fingerprint density at radius 2 is 2.10 bits per heavy atom. The molecule has 1 fully saturated rings. The van der Waals surface area contributed by atoms with Crippen molar-refractivity contribution in [1.82, 2.24) is 0 Å². The van der Waals surface area contributed by atoms with Crippen LogP contribution in [0.4, 0.5) is 5.69 Å². The minimum Gasteiger partial charge on any atom is -0.495 e. The summed E-state index contributed by atoms with van der Waals surface area (Å²) in [6.07, 6.45) is -0.150. The van der Waals surface area contributed by atoms with Gasteiger partial charge in [0.25, 0.3) is 0 Å². The normalized spacial score (nSPS) is 19.5. The second-order valence-electron chi connectivity index (χ2n) is 4.24. The molecule has 2 rings (SSSR count). The van der Waals surface area contributed by atoms with Crippen molar-refractivity contribution < 1.29 is 17.9 Å². The molecule has 1 unspecified atom stereocenters. The summed E-state index contributed by atoms with van der Waals surface area (Å²) in [7, 11) is 2.98. The number of hydrogen-bond donors (Lipinski definition) is 0. The number of carbonyl (C=O) groups is 1. The zero-order valence-corrected chi connectivity index (χ0v) is 14.2. The number of benzene rings is 1. The molecule has 0 aromatic heterocycles. The molecule has 9 heteroatoms. The highest BCUT2D eigenvalue weighted by Crippen LogP contribution is 2.39. The predicted octanol–water partition coefficient (Wildman–Crippen LogP) is 2.79. The molecular formula is C11H10BrCl2NO4S. The van der Waals surface area contributed by atoms with Crippen molar-refractivity contribution in [3.8, 4) is 5.75 Å². The van der Waals surface area contributed by atoms with Gasteiger partial charge in [0.15, 0.2) is 0 Å². The third-order valence-corrected chi connectivity index (χ3v) is 6.07. The van der Waals surface area contributed by atoms with Crippen molar-refractivity contribution in [1.29, 1.82) is 0 Å². The van der Waals surface area contributed by atoms with Crippen LogP contribution >= 0.6 is 38.2 Å².